The Morgan fingerprint density at radius 2 is 1.86 bits per heavy atom. The van der Waals surface area contributed by atoms with Gasteiger partial charge in [0, 0.05) is 17.7 Å². The molecule has 2 aromatic carbocycles. The van der Waals surface area contributed by atoms with Gasteiger partial charge in [0.2, 0.25) is 10.0 Å². The lowest BCUT2D eigenvalue weighted by Crippen LogP contribution is -2.28. The van der Waals surface area contributed by atoms with Crippen LogP contribution in [0, 0.1) is 11.7 Å². The Morgan fingerprint density at radius 1 is 1.11 bits per heavy atom. The Balaban J connectivity index is 1.96. The predicted molar refractivity (Wildman–Crippen MR) is 110 cm³/mol. The zero-order valence-electron chi connectivity index (χ0n) is 15.8. The highest BCUT2D eigenvalue weighted by Gasteiger charge is 2.20. The quantitative estimate of drug-likeness (QED) is 0.777. The van der Waals surface area contributed by atoms with Gasteiger partial charge in [-0.3, -0.25) is 9.98 Å². The van der Waals surface area contributed by atoms with Crippen molar-refractivity contribution < 1.29 is 12.8 Å². The van der Waals surface area contributed by atoms with E-state index in [-0.39, 0.29) is 23.9 Å². The van der Waals surface area contributed by atoms with E-state index >= 15 is 0 Å². The zero-order chi connectivity index (χ0) is 20.3. The van der Waals surface area contributed by atoms with E-state index in [2.05, 4.69) is 14.7 Å². The molecule has 0 aromatic heterocycles. The molecule has 1 aliphatic heterocycles. The highest BCUT2D eigenvalue weighted by molar-refractivity contribution is 7.89. The molecule has 3 N–H and O–H groups in total. The minimum atomic E-state index is -3.71. The van der Waals surface area contributed by atoms with Crippen LogP contribution in [0.4, 0.5) is 4.39 Å². The van der Waals surface area contributed by atoms with Crippen LogP contribution in [0.25, 0.3) is 11.1 Å². The van der Waals surface area contributed by atoms with E-state index in [1.165, 1.54) is 12.1 Å². The number of nitrogens with one attached hydrogen (secondary N) is 1. The molecule has 0 radical (unpaired) electrons. The van der Waals surface area contributed by atoms with Crippen molar-refractivity contribution in [3.8, 4) is 11.1 Å². The number of sulfonamides is 1. The Kier molecular flexibility index (Phi) is 5.90. The van der Waals surface area contributed by atoms with Crippen LogP contribution in [-0.2, 0) is 10.0 Å². The molecule has 2 aromatic rings. The molecule has 1 aliphatic rings. The van der Waals surface area contributed by atoms with Gasteiger partial charge in [0.1, 0.15) is 11.7 Å². The van der Waals surface area contributed by atoms with Gasteiger partial charge >= 0.3 is 0 Å². The Bertz CT molecular complexity index is 1050. The molecule has 0 spiro atoms. The molecule has 6 nitrogen and oxygen atoms in total. The molecule has 148 valence electrons. The second-order valence-corrected chi connectivity index (χ2v) is 8.74. The van der Waals surface area contributed by atoms with Crippen molar-refractivity contribution in [2.45, 2.75) is 18.7 Å². The molecule has 0 amide bonds. The largest absolute Gasteiger partial charge is 0.386 e. The van der Waals surface area contributed by atoms with Crippen molar-refractivity contribution in [1.29, 1.82) is 0 Å². The third-order valence-electron chi connectivity index (χ3n) is 4.31. The van der Waals surface area contributed by atoms with Gasteiger partial charge in [-0.1, -0.05) is 38.1 Å². The van der Waals surface area contributed by atoms with E-state index in [0.29, 0.717) is 34.8 Å². The summed E-state index contributed by atoms with van der Waals surface area (Å²) >= 11 is 0. The van der Waals surface area contributed by atoms with Crippen LogP contribution in [0.15, 0.2) is 57.3 Å². The van der Waals surface area contributed by atoms with Crippen LogP contribution in [0.5, 0.6) is 0 Å². The number of nitrogens with two attached hydrogens (primary N) is 1. The van der Waals surface area contributed by atoms with Gasteiger partial charge in [0.05, 0.1) is 23.7 Å². The maximum Gasteiger partial charge on any atom is 0.241 e. The molecule has 0 atom stereocenters. The number of benzene rings is 2. The zero-order valence-corrected chi connectivity index (χ0v) is 16.6. The van der Waals surface area contributed by atoms with Crippen molar-refractivity contribution in [2.24, 2.45) is 21.6 Å². The van der Waals surface area contributed by atoms with E-state index in [1.807, 2.05) is 13.8 Å². The Morgan fingerprint density at radius 3 is 2.50 bits per heavy atom. The van der Waals surface area contributed by atoms with Gasteiger partial charge in [-0.05, 0) is 29.7 Å². The third kappa shape index (κ3) is 4.45. The minimum Gasteiger partial charge on any atom is -0.386 e. The molecule has 8 heteroatoms. The first-order valence-electron chi connectivity index (χ1n) is 8.99. The second kappa shape index (κ2) is 8.20. The average molecular weight is 402 g/mol. The van der Waals surface area contributed by atoms with Gasteiger partial charge < -0.3 is 5.73 Å². The van der Waals surface area contributed by atoms with Crippen LogP contribution >= 0.6 is 0 Å². The monoisotopic (exact) mass is 402 g/mol. The fraction of sp³-hybridized carbons (Fsp3) is 0.300. The average Bonchev–Trinajstić information content (AvgIpc) is 2.67. The molecule has 3 rings (SSSR count). The topological polar surface area (TPSA) is 96.9 Å². The molecule has 1 heterocycles. The predicted octanol–water partition coefficient (Wildman–Crippen LogP) is 2.59. The molecule has 0 saturated carbocycles. The highest BCUT2D eigenvalue weighted by Crippen LogP contribution is 2.29. The maximum atomic E-state index is 14.8. The smallest absolute Gasteiger partial charge is 0.241 e. The summed E-state index contributed by atoms with van der Waals surface area (Å²) in [5.41, 5.74) is 7.39. The first-order chi connectivity index (χ1) is 13.3. The number of amidine groups is 1. The van der Waals surface area contributed by atoms with Crippen molar-refractivity contribution in [3.05, 3.63) is 53.8 Å². The second-order valence-electron chi connectivity index (χ2n) is 7.01. The van der Waals surface area contributed by atoms with E-state index in [4.69, 9.17) is 5.73 Å². The van der Waals surface area contributed by atoms with Crippen LogP contribution in [-0.4, -0.2) is 39.6 Å². The summed E-state index contributed by atoms with van der Waals surface area (Å²) in [7, 11) is -3.71. The summed E-state index contributed by atoms with van der Waals surface area (Å²) in [5.74, 6) is 0.120. The van der Waals surface area contributed by atoms with E-state index < -0.39 is 15.8 Å². The van der Waals surface area contributed by atoms with Crippen LogP contribution in [0.1, 0.15) is 19.4 Å². The van der Waals surface area contributed by atoms with Gasteiger partial charge in [-0.15, -0.1) is 0 Å². The van der Waals surface area contributed by atoms with Gasteiger partial charge in [-0.25, -0.2) is 17.5 Å². The Labute approximate surface area is 164 Å². The summed E-state index contributed by atoms with van der Waals surface area (Å²) in [6, 6.07) is 11.2. The fourth-order valence-electron chi connectivity index (χ4n) is 2.83. The standard InChI is InChI=1S/C20H23FN4O2S/c1-13(2)10-25-28(26,27)19-6-4-3-5-15(19)14-7-8-16(17(21)9-14)18-11-24-20(22)12-23-18/h3-9,13,25H,10-12H2,1-2H3,(H2,22,24). The van der Waals surface area contributed by atoms with E-state index in [0.717, 1.165) is 0 Å². The van der Waals surface area contributed by atoms with E-state index in [1.54, 1.807) is 30.3 Å². The first kappa shape index (κ1) is 20.2. The van der Waals surface area contributed by atoms with Crippen molar-refractivity contribution in [2.75, 3.05) is 19.6 Å². The molecular formula is C20H23FN4O2S. The summed E-state index contributed by atoms with van der Waals surface area (Å²) in [6.07, 6.45) is 0. The van der Waals surface area contributed by atoms with Crippen LogP contribution in [0.2, 0.25) is 0 Å². The SMILES string of the molecule is CC(C)CNS(=O)(=O)c1ccccc1-c1ccc(C2=NCC(N)=NC2)c(F)c1. The van der Waals surface area contributed by atoms with Crippen LogP contribution in [0.3, 0.4) is 0 Å². The normalized spacial score (nSPS) is 14.7. The lowest BCUT2D eigenvalue weighted by Gasteiger charge is -2.15. The summed E-state index contributed by atoms with van der Waals surface area (Å²) < 4.78 is 42.8. The Hall–Kier alpha value is -2.58. The van der Waals surface area contributed by atoms with Crippen molar-refractivity contribution >= 4 is 21.6 Å². The van der Waals surface area contributed by atoms with Gasteiger partial charge in [0.15, 0.2) is 0 Å². The molecule has 28 heavy (non-hydrogen) atoms. The maximum absolute atomic E-state index is 14.8. The first-order valence-corrected chi connectivity index (χ1v) is 10.5. The molecule has 0 saturated heterocycles. The van der Waals surface area contributed by atoms with Gasteiger partial charge in [-0.2, -0.15) is 0 Å². The summed E-state index contributed by atoms with van der Waals surface area (Å²) in [5, 5.41) is 0. The summed E-state index contributed by atoms with van der Waals surface area (Å²) in [4.78, 5) is 8.48. The van der Waals surface area contributed by atoms with E-state index in [9.17, 15) is 12.8 Å². The number of nitrogens with zero attached hydrogens (tertiary/aromatic N) is 2. The molecular weight excluding hydrogens is 379 g/mol. The number of hydrogen-bond donors (Lipinski definition) is 2. The number of aliphatic imine (C=N–C) groups is 2. The van der Waals surface area contributed by atoms with Gasteiger partial charge in [0.25, 0.3) is 0 Å². The molecule has 0 aliphatic carbocycles. The van der Waals surface area contributed by atoms with Crippen LogP contribution < -0.4 is 10.5 Å². The van der Waals surface area contributed by atoms with Crippen molar-refractivity contribution in [3.63, 3.8) is 0 Å². The molecule has 0 fully saturated rings. The highest BCUT2D eigenvalue weighted by atomic mass is 32.2. The molecule has 0 unspecified atom stereocenters. The molecule has 0 bridgehead atoms. The number of halogens is 1. The third-order valence-corrected chi connectivity index (χ3v) is 5.79. The minimum absolute atomic E-state index is 0.121. The van der Waals surface area contributed by atoms with Crippen molar-refractivity contribution in [1.82, 2.24) is 4.72 Å². The fourth-order valence-corrected chi connectivity index (χ4v) is 4.27. The lowest BCUT2D eigenvalue weighted by atomic mass is 10.0. The lowest BCUT2D eigenvalue weighted by molar-refractivity contribution is 0.560. The summed E-state index contributed by atoms with van der Waals surface area (Å²) in [6.45, 7) is 4.65. The number of hydrogen-bond acceptors (Lipinski definition) is 5. The number of rotatable bonds is 6.